The molecule has 4 aromatic heterocycles. The minimum atomic E-state index is 0.216. The largest absolute Gasteiger partial charge is 0.440 e. The van der Waals surface area contributed by atoms with Crippen molar-refractivity contribution in [1.29, 1.82) is 0 Å². The first-order chi connectivity index (χ1) is 29.4. The Morgan fingerprint density at radius 3 is 0.900 bits per heavy atom. The van der Waals surface area contributed by atoms with Crippen LogP contribution >= 0.6 is 0 Å². The van der Waals surface area contributed by atoms with E-state index in [0.29, 0.717) is 23.5 Å². The second-order valence-electron chi connectivity index (χ2n) is 16.5. The highest BCUT2D eigenvalue weighted by Crippen LogP contribution is 2.52. The number of rotatable bonds is 8. The number of nitrogens with zero attached hydrogens (tertiary/aromatic N) is 2. The maximum absolute atomic E-state index is 6.71. The number of para-hydroxylation sites is 4. The van der Waals surface area contributed by atoms with Gasteiger partial charge in [0, 0.05) is 56.6 Å². The maximum Gasteiger partial charge on any atom is 0.208 e. The summed E-state index contributed by atoms with van der Waals surface area (Å²) in [5, 5.41) is 11.1. The van der Waals surface area contributed by atoms with E-state index in [1.165, 1.54) is 32.7 Å². The Labute approximate surface area is 345 Å². The fourth-order valence-electron chi connectivity index (χ4n) is 9.34. The Balaban J connectivity index is 1.20. The van der Waals surface area contributed by atoms with Crippen molar-refractivity contribution in [3.8, 4) is 0 Å². The van der Waals surface area contributed by atoms with E-state index in [9.17, 15) is 0 Å². The molecule has 0 unspecified atom stereocenters. The lowest BCUT2D eigenvalue weighted by molar-refractivity contribution is 0.582. The van der Waals surface area contributed by atoms with Gasteiger partial charge in [-0.25, -0.2) is 9.80 Å². The van der Waals surface area contributed by atoms with Gasteiger partial charge in [0.25, 0.3) is 0 Å². The molecule has 0 saturated carbocycles. The summed E-state index contributed by atoms with van der Waals surface area (Å²) in [6.45, 7) is 9.11. The van der Waals surface area contributed by atoms with E-state index in [0.717, 1.165) is 66.0 Å². The summed E-state index contributed by atoms with van der Waals surface area (Å²) >= 11 is 0. The van der Waals surface area contributed by atoms with Crippen LogP contribution in [0, 0.1) is 0 Å². The number of anilines is 6. The first-order valence-corrected chi connectivity index (χ1v) is 20.7. The Hall–Kier alpha value is -7.44. The van der Waals surface area contributed by atoms with Crippen molar-refractivity contribution in [3.63, 3.8) is 0 Å². The second-order valence-corrected chi connectivity index (χ2v) is 16.5. The first-order valence-electron chi connectivity index (χ1n) is 20.7. The topological polar surface area (TPSA) is 59.0 Å². The number of hydrogen-bond acceptors (Lipinski definition) is 6. The lowest BCUT2D eigenvalue weighted by Gasteiger charge is -2.28. The average molecular weight is 781 g/mol. The van der Waals surface area contributed by atoms with E-state index in [2.05, 4.69) is 122 Å². The third kappa shape index (κ3) is 5.20. The minimum Gasteiger partial charge on any atom is -0.440 e. The zero-order valence-corrected chi connectivity index (χ0v) is 33.7. The fraction of sp³-hybridized carbons (Fsp3) is 0.111. The molecule has 0 amide bonds. The highest BCUT2D eigenvalue weighted by Gasteiger charge is 2.29. The van der Waals surface area contributed by atoms with Crippen LogP contribution in [0.1, 0.15) is 50.7 Å². The number of benzene rings is 8. The maximum atomic E-state index is 6.71. The molecule has 0 atom stereocenters. The number of fused-ring (bicyclic) bond motifs is 4. The van der Waals surface area contributed by atoms with E-state index < -0.39 is 0 Å². The quantitative estimate of drug-likeness (QED) is 0.143. The smallest absolute Gasteiger partial charge is 0.208 e. The molecular weight excluding hydrogens is 741 g/mol. The molecule has 0 aliphatic rings. The van der Waals surface area contributed by atoms with Gasteiger partial charge in [-0.05, 0) is 80.9 Å². The number of hydrogen-bond donors (Lipinski definition) is 0. The molecule has 0 bridgehead atoms. The molecule has 0 N–H and O–H groups in total. The van der Waals surface area contributed by atoms with E-state index >= 15 is 0 Å². The van der Waals surface area contributed by atoms with E-state index in [1.807, 2.05) is 72.8 Å². The van der Waals surface area contributed by atoms with Crippen LogP contribution in [0.15, 0.2) is 175 Å². The van der Waals surface area contributed by atoms with E-state index in [-0.39, 0.29) is 11.8 Å². The van der Waals surface area contributed by atoms with Crippen molar-refractivity contribution in [2.75, 3.05) is 9.80 Å². The van der Waals surface area contributed by atoms with Crippen LogP contribution in [0.5, 0.6) is 0 Å². The molecule has 6 nitrogen and oxygen atoms in total. The van der Waals surface area contributed by atoms with Crippen LogP contribution in [0.25, 0.3) is 76.2 Å². The highest BCUT2D eigenvalue weighted by molar-refractivity contribution is 6.29. The molecule has 8 aromatic carbocycles. The summed E-state index contributed by atoms with van der Waals surface area (Å²) in [6.07, 6.45) is 0. The van der Waals surface area contributed by atoms with Crippen molar-refractivity contribution in [1.82, 2.24) is 0 Å². The normalized spacial score (nSPS) is 12.3. The molecule has 0 radical (unpaired) electrons. The summed E-state index contributed by atoms with van der Waals surface area (Å²) in [6, 6.07) is 55.0. The molecule has 290 valence electrons. The van der Waals surface area contributed by atoms with E-state index in [1.54, 1.807) is 0 Å². The van der Waals surface area contributed by atoms with Crippen LogP contribution in [0.3, 0.4) is 0 Å². The standard InChI is InChI=1S/C54H40N2O4/c1-31(2)41-29-43(55(49-25-33-13-5-9-17-45(33)57-49)50-26-34-14-6-10-18-46(34)58-50)39-24-22-38-42(32(3)4)30-44(40-23-21-37(41)53(39)54(38)40)56(51-27-35-15-7-11-19-47(35)59-51)52-28-36-16-8-12-20-48(36)60-52/h5-32H,1-4H3. The van der Waals surface area contributed by atoms with Gasteiger partial charge >= 0.3 is 0 Å². The molecule has 60 heavy (non-hydrogen) atoms. The number of furan rings is 4. The predicted octanol–water partition coefficient (Wildman–Crippen LogP) is 16.8. The van der Waals surface area contributed by atoms with Crippen molar-refractivity contribution in [3.05, 3.63) is 169 Å². The van der Waals surface area contributed by atoms with Crippen molar-refractivity contribution < 1.29 is 17.7 Å². The van der Waals surface area contributed by atoms with Gasteiger partial charge in [-0.1, -0.05) is 125 Å². The highest BCUT2D eigenvalue weighted by atomic mass is 16.4. The van der Waals surface area contributed by atoms with Gasteiger partial charge in [0.2, 0.25) is 23.5 Å². The Kier molecular flexibility index (Phi) is 7.51. The van der Waals surface area contributed by atoms with Crippen LogP contribution in [0.4, 0.5) is 34.9 Å². The molecule has 0 aliphatic heterocycles. The van der Waals surface area contributed by atoms with Crippen LogP contribution in [-0.4, -0.2) is 0 Å². The Morgan fingerprint density at radius 1 is 0.333 bits per heavy atom. The first kappa shape index (κ1) is 34.6. The van der Waals surface area contributed by atoms with E-state index in [4.69, 9.17) is 17.7 Å². The van der Waals surface area contributed by atoms with Gasteiger partial charge in [-0.15, -0.1) is 0 Å². The summed E-state index contributed by atoms with van der Waals surface area (Å²) in [5.74, 6) is 3.17. The molecule has 0 saturated heterocycles. The van der Waals surface area contributed by atoms with Gasteiger partial charge in [0.15, 0.2) is 0 Å². The van der Waals surface area contributed by atoms with Gasteiger partial charge in [-0.3, -0.25) is 0 Å². The van der Waals surface area contributed by atoms with Crippen LogP contribution < -0.4 is 9.80 Å². The van der Waals surface area contributed by atoms with Crippen molar-refractivity contribution in [2.24, 2.45) is 0 Å². The molecule has 12 aromatic rings. The predicted molar refractivity (Wildman–Crippen MR) is 247 cm³/mol. The molecular formula is C54H40N2O4. The molecule has 0 aliphatic carbocycles. The van der Waals surface area contributed by atoms with Crippen molar-refractivity contribution in [2.45, 2.75) is 39.5 Å². The molecule has 12 rings (SSSR count). The van der Waals surface area contributed by atoms with Crippen molar-refractivity contribution >= 4 is 111 Å². The fourth-order valence-corrected chi connectivity index (χ4v) is 9.34. The van der Waals surface area contributed by atoms with Crippen LogP contribution in [0.2, 0.25) is 0 Å². The summed E-state index contributed by atoms with van der Waals surface area (Å²) in [5.41, 5.74) is 7.73. The molecule has 0 fully saturated rings. The van der Waals surface area contributed by atoms with Gasteiger partial charge < -0.3 is 17.7 Å². The molecule has 0 spiro atoms. The summed E-state index contributed by atoms with van der Waals surface area (Å²) in [7, 11) is 0. The zero-order valence-electron chi connectivity index (χ0n) is 33.7. The SMILES string of the molecule is CC(C)c1cc(N(c2cc3ccccc3o2)c2cc3ccccc3o2)c2ccc3c(C(C)C)cc(N(c4cc5ccccc5o4)c4cc5ccccc5o4)c4ccc1c2c34. The molecule has 6 heteroatoms. The van der Waals surface area contributed by atoms with Gasteiger partial charge in [0.05, 0.1) is 11.4 Å². The third-order valence-corrected chi connectivity index (χ3v) is 12.2. The third-order valence-electron chi connectivity index (χ3n) is 12.2. The summed E-state index contributed by atoms with van der Waals surface area (Å²) in [4.78, 5) is 4.33. The Bertz CT molecular complexity index is 3080. The van der Waals surface area contributed by atoms with Gasteiger partial charge in [-0.2, -0.15) is 0 Å². The molecule has 4 heterocycles. The van der Waals surface area contributed by atoms with Gasteiger partial charge in [0.1, 0.15) is 22.3 Å². The summed E-state index contributed by atoms with van der Waals surface area (Å²) < 4.78 is 26.9. The zero-order chi connectivity index (χ0) is 40.2. The lowest BCUT2D eigenvalue weighted by atomic mass is 9.84. The monoisotopic (exact) mass is 780 g/mol. The van der Waals surface area contributed by atoms with Crippen LogP contribution in [-0.2, 0) is 0 Å². The average Bonchev–Trinajstić information content (AvgIpc) is 4.08. The Morgan fingerprint density at radius 2 is 0.617 bits per heavy atom. The second kappa shape index (κ2) is 13.0. The lowest BCUT2D eigenvalue weighted by Crippen LogP contribution is -2.11. The minimum absolute atomic E-state index is 0.216.